The Balaban J connectivity index is 1.18. The summed E-state index contributed by atoms with van der Waals surface area (Å²) in [5.41, 5.74) is 4.80. The van der Waals surface area contributed by atoms with Gasteiger partial charge in [-0.3, -0.25) is 14.5 Å². The van der Waals surface area contributed by atoms with Crippen LogP contribution in [0.3, 0.4) is 0 Å². The standard InChI is InChI=1S/C32H31ClN4O4/c1-22(23-7-3-2-4-8-23)36-15-17-37(18-16-36)31(39)21-41-30-14-12-25(26-9-5-6-10-27(26)30)20-34-35-32(40)24-11-13-29(38)28(33)19-24/h2-14,19-20,22,38H,15-18,21H2,1H3,(H,35,40)/b34-20+. The molecule has 1 aliphatic heterocycles. The number of carbonyl (C=O) groups excluding carboxylic acids is 2. The lowest BCUT2D eigenvalue weighted by atomic mass is 10.0. The number of piperazine rings is 1. The van der Waals surface area contributed by atoms with Crippen molar-refractivity contribution in [3.8, 4) is 11.5 Å². The van der Waals surface area contributed by atoms with Crippen molar-refractivity contribution in [1.29, 1.82) is 0 Å². The van der Waals surface area contributed by atoms with Crippen LogP contribution in [0.1, 0.15) is 34.5 Å². The quantitative estimate of drug-likeness (QED) is 0.223. The van der Waals surface area contributed by atoms with Gasteiger partial charge in [0, 0.05) is 48.7 Å². The van der Waals surface area contributed by atoms with Gasteiger partial charge < -0.3 is 14.7 Å². The highest BCUT2D eigenvalue weighted by Gasteiger charge is 2.25. The SMILES string of the molecule is CC(c1ccccc1)N1CCN(C(=O)COc2ccc(/C=N/NC(=O)c3ccc(O)c(Cl)c3)c3ccccc23)CC1. The van der Waals surface area contributed by atoms with E-state index < -0.39 is 5.91 Å². The Morgan fingerprint density at radius 2 is 1.68 bits per heavy atom. The smallest absolute Gasteiger partial charge is 0.271 e. The number of fused-ring (bicyclic) bond motifs is 1. The number of halogens is 1. The summed E-state index contributed by atoms with van der Waals surface area (Å²) in [6, 6.07) is 26.2. The molecule has 8 nitrogen and oxygen atoms in total. The summed E-state index contributed by atoms with van der Waals surface area (Å²) in [4.78, 5) is 29.6. The minimum atomic E-state index is -0.457. The molecule has 0 saturated carbocycles. The summed E-state index contributed by atoms with van der Waals surface area (Å²) in [6.45, 7) is 5.12. The van der Waals surface area contributed by atoms with Crippen LogP contribution in [-0.2, 0) is 4.79 Å². The molecule has 1 saturated heterocycles. The average molecular weight is 571 g/mol. The van der Waals surface area contributed by atoms with E-state index in [9.17, 15) is 14.7 Å². The van der Waals surface area contributed by atoms with Gasteiger partial charge in [0.05, 0.1) is 11.2 Å². The number of hydrazone groups is 1. The third-order valence-electron chi connectivity index (χ3n) is 7.35. The first-order valence-corrected chi connectivity index (χ1v) is 13.8. The molecule has 2 N–H and O–H groups in total. The molecule has 1 aliphatic rings. The van der Waals surface area contributed by atoms with E-state index in [-0.39, 0.29) is 28.8 Å². The summed E-state index contributed by atoms with van der Waals surface area (Å²) in [5, 5.41) is 15.4. The zero-order chi connectivity index (χ0) is 28.8. The van der Waals surface area contributed by atoms with Crippen molar-refractivity contribution in [3.05, 3.63) is 107 Å². The fourth-order valence-corrected chi connectivity index (χ4v) is 5.12. The van der Waals surface area contributed by atoms with Crippen LogP contribution in [0, 0.1) is 0 Å². The summed E-state index contributed by atoms with van der Waals surface area (Å²) >= 11 is 5.89. The Morgan fingerprint density at radius 1 is 0.976 bits per heavy atom. The fraction of sp³-hybridized carbons (Fsp3) is 0.219. The molecule has 1 unspecified atom stereocenters. The first-order valence-electron chi connectivity index (χ1n) is 13.4. The monoisotopic (exact) mass is 570 g/mol. The molecule has 4 aromatic rings. The number of carbonyl (C=O) groups is 2. The molecule has 9 heteroatoms. The number of rotatable bonds is 8. The normalized spacial score (nSPS) is 14.7. The summed E-state index contributed by atoms with van der Waals surface area (Å²) < 4.78 is 6.00. The molecule has 2 amide bonds. The highest BCUT2D eigenvalue weighted by atomic mass is 35.5. The predicted molar refractivity (Wildman–Crippen MR) is 161 cm³/mol. The molecule has 4 aromatic carbocycles. The van der Waals surface area contributed by atoms with Crippen LogP contribution in [0.15, 0.2) is 90.0 Å². The second kappa shape index (κ2) is 12.8. The van der Waals surface area contributed by atoms with Crippen LogP contribution in [-0.4, -0.2) is 65.7 Å². The van der Waals surface area contributed by atoms with Crippen molar-refractivity contribution in [2.45, 2.75) is 13.0 Å². The van der Waals surface area contributed by atoms with Gasteiger partial charge in [0.15, 0.2) is 6.61 Å². The maximum atomic E-state index is 13.0. The molecule has 0 bridgehead atoms. The molecule has 41 heavy (non-hydrogen) atoms. The molecule has 0 aromatic heterocycles. The second-order valence-electron chi connectivity index (χ2n) is 9.86. The topological polar surface area (TPSA) is 94.5 Å². The molecule has 1 atom stereocenters. The first-order chi connectivity index (χ1) is 19.9. The van der Waals surface area contributed by atoms with Crippen LogP contribution >= 0.6 is 11.6 Å². The molecule has 0 spiro atoms. The number of amides is 2. The van der Waals surface area contributed by atoms with Gasteiger partial charge >= 0.3 is 0 Å². The maximum Gasteiger partial charge on any atom is 0.271 e. The van der Waals surface area contributed by atoms with Gasteiger partial charge in [-0.1, -0.05) is 66.2 Å². The largest absolute Gasteiger partial charge is 0.506 e. The van der Waals surface area contributed by atoms with Gasteiger partial charge in [0.25, 0.3) is 11.8 Å². The number of phenolic OH excluding ortho intramolecular Hbond substituents is 1. The van der Waals surface area contributed by atoms with Crippen molar-refractivity contribution in [2.75, 3.05) is 32.8 Å². The van der Waals surface area contributed by atoms with Crippen molar-refractivity contribution in [1.82, 2.24) is 15.2 Å². The molecule has 0 aliphatic carbocycles. The van der Waals surface area contributed by atoms with Crippen molar-refractivity contribution >= 4 is 40.4 Å². The Labute approximate surface area is 243 Å². The number of benzene rings is 4. The molecule has 1 fully saturated rings. The number of ether oxygens (including phenoxy) is 1. The van der Waals surface area contributed by atoms with Crippen molar-refractivity contribution in [3.63, 3.8) is 0 Å². The van der Waals surface area contributed by atoms with Crippen LogP contribution in [0.2, 0.25) is 5.02 Å². The maximum absolute atomic E-state index is 13.0. The van der Waals surface area contributed by atoms with Gasteiger partial charge in [-0.05, 0) is 48.2 Å². The second-order valence-corrected chi connectivity index (χ2v) is 10.3. The lowest BCUT2D eigenvalue weighted by Gasteiger charge is -2.38. The Kier molecular flexibility index (Phi) is 8.82. The van der Waals surface area contributed by atoms with Crippen LogP contribution in [0.4, 0.5) is 0 Å². The van der Waals surface area contributed by atoms with Crippen molar-refractivity contribution < 1.29 is 19.4 Å². The molecular weight excluding hydrogens is 540 g/mol. The van der Waals surface area contributed by atoms with Crippen LogP contribution < -0.4 is 10.2 Å². The third-order valence-corrected chi connectivity index (χ3v) is 7.65. The predicted octanol–water partition coefficient (Wildman–Crippen LogP) is 5.25. The van der Waals surface area contributed by atoms with Gasteiger partial charge in [-0.25, -0.2) is 5.43 Å². The van der Waals surface area contributed by atoms with Crippen molar-refractivity contribution in [2.24, 2.45) is 5.10 Å². The minimum absolute atomic E-state index is 0.0382. The third kappa shape index (κ3) is 6.67. The number of aromatic hydroxyl groups is 1. The number of hydrogen-bond donors (Lipinski definition) is 2. The molecule has 5 rings (SSSR count). The summed E-state index contributed by atoms with van der Waals surface area (Å²) in [5.74, 6) is 0.00787. The molecular formula is C32H31ClN4O4. The van der Waals surface area contributed by atoms with Crippen LogP contribution in [0.5, 0.6) is 11.5 Å². The average Bonchev–Trinajstić information content (AvgIpc) is 3.01. The highest BCUT2D eigenvalue weighted by Crippen LogP contribution is 2.28. The van der Waals surface area contributed by atoms with E-state index in [0.29, 0.717) is 24.9 Å². The highest BCUT2D eigenvalue weighted by molar-refractivity contribution is 6.32. The van der Waals surface area contributed by atoms with E-state index in [2.05, 4.69) is 46.6 Å². The Bertz CT molecular complexity index is 1570. The summed E-state index contributed by atoms with van der Waals surface area (Å²) in [7, 11) is 0. The Morgan fingerprint density at radius 3 is 2.41 bits per heavy atom. The first kappa shape index (κ1) is 28.1. The van der Waals surface area contributed by atoms with Gasteiger partial charge in [0.1, 0.15) is 11.5 Å². The number of nitrogens with one attached hydrogen (secondary N) is 1. The van der Waals surface area contributed by atoms with E-state index in [4.69, 9.17) is 16.3 Å². The fourth-order valence-electron chi connectivity index (χ4n) is 4.94. The summed E-state index contributed by atoms with van der Waals surface area (Å²) in [6.07, 6.45) is 1.55. The number of hydrogen-bond acceptors (Lipinski definition) is 6. The zero-order valence-corrected chi connectivity index (χ0v) is 23.4. The van der Waals surface area contributed by atoms with Gasteiger partial charge in [0.2, 0.25) is 0 Å². The lowest BCUT2D eigenvalue weighted by molar-refractivity contribution is -0.135. The molecule has 210 valence electrons. The number of nitrogens with zero attached hydrogens (tertiary/aromatic N) is 3. The van der Waals surface area contributed by atoms with E-state index >= 15 is 0 Å². The minimum Gasteiger partial charge on any atom is -0.506 e. The van der Waals surface area contributed by atoms with E-state index in [1.807, 2.05) is 41.3 Å². The van der Waals surface area contributed by atoms with Gasteiger partial charge in [-0.15, -0.1) is 0 Å². The molecule has 0 radical (unpaired) electrons. The lowest BCUT2D eigenvalue weighted by Crippen LogP contribution is -2.50. The van der Waals surface area contributed by atoms with Gasteiger partial charge in [-0.2, -0.15) is 5.10 Å². The Hall–Kier alpha value is -4.40. The van der Waals surface area contributed by atoms with E-state index in [1.165, 1.54) is 23.8 Å². The zero-order valence-electron chi connectivity index (χ0n) is 22.7. The molecule has 1 heterocycles. The van der Waals surface area contributed by atoms with Crippen LogP contribution in [0.25, 0.3) is 10.8 Å². The number of phenols is 1. The van der Waals surface area contributed by atoms with E-state index in [0.717, 1.165) is 29.4 Å². The van der Waals surface area contributed by atoms with E-state index in [1.54, 1.807) is 12.3 Å².